The zero-order valence-electron chi connectivity index (χ0n) is 11.6. The van der Waals surface area contributed by atoms with Crippen molar-refractivity contribution in [1.29, 1.82) is 0 Å². The fourth-order valence-electron chi connectivity index (χ4n) is 2.03. The maximum absolute atomic E-state index is 4.62. The van der Waals surface area contributed by atoms with Crippen molar-refractivity contribution in [3.8, 4) is 0 Å². The Labute approximate surface area is 122 Å². The SMILES string of the molecule is CCNc1cc(NCCc2cscn2)nc(C2CC2)n1. The van der Waals surface area contributed by atoms with E-state index in [1.165, 1.54) is 12.8 Å². The van der Waals surface area contributed by atoms with Crippen molar-refractivity contribution in [2.24, 2.45) is 0 Å². The van der Waals surface area contributed by atoms with Gasteiger partial charge >= 0.3 is 0 Å². The quantitative estimate of drug-likeness (QED) is 0.820. The first-order valence-electron chi connectivity index (χ1n) is 7.09. The fraction of sp³-hybridized carbons (Fsp3) is 0.500. The summed E-state index contributed by atoms with van der Waals surface area (Å²) in [6.07, 6.45) is 3.35. The normalized spacial score (nSPS) is 14.2. The van der Waals surface area contributed by atoms with Crippen LogP contribution >= 0.6 is 11.3 Å². The first kappa shape index (κ1) is 13.3. The summed E-state index contributed by atoms with van der Waals surface area (Å²) in [7, 11) is 0. The predicted molar refractivity (Wildman–Crippen MR) is 82.5 cm³/mol. The molecule has 0 spiro atoms. The highest BCUT2D eigenvalue weighted by atomic mass is 32.1. The molecular weight excluding hydrogens is 270 g/mol. The Morgan fingerprint density at radius 1 is 1.25 bits per heavy atom. The van der Waals surface area contributed by atoms with Gasteiger partial charge in [0.2, 0.25) is 0 Å². The van der Waals surface area contributed by atoms with Gasteiger partial charge in [-0.3, -0.25) is 0 Å². The second kappa shape index (κ2) is 6.17. The molecule has 2 aromatic rings. The van der Waals surface area contributed by atoms with Crippen molar-refractivity contribution in [1.82, 2.24) is 15.0 Å². The molecule has 106 valence electrons. The van der Waals surface area contributed by atoms with Gasteiger partial charge in [-0.25, -0.2) is 15.0 Å². The van der Waals surface area contributed by atoms with Crippen molar-refractivity contribution >= 4 is 23.0 Å². The second-order valence-electron chi connectivity index (χ2n) is 4.96. The molecule has 0 unspecified atom stereocenters. The number of hydrogen-bond donors (Lipinski definition) is 2. The average Bonchev–Trinajstić information content (AvgIpc) is 3.17. The van der Waals surface area contributed by atoms with Gasteiger partial charge < -0.3 is 10.6 Å². The lowest BCUT2D eigenvalue weighted by atomic mass is 10.3. The van der Waals surface area contributed by atoms with E-state index < -0.39 is 0 Å². The molecule has 0 amide bonds. The highest BCUT2D eigenvalue weighted by Crippen LogP contribution is 2.38. The van der Waals surface area contributed by atoms with E-state index in [0.717, 1.165) is 42.7 Å². The van der Waals surface area contributed by atoms with Gasteiger partial charge in [0.1, 0.15) is 17.5 Å². The number of nitrogens with one attached hydrogen (secondary N) is 2. The standard InChI is InChI=1S/C14H19N5S/c1-2-15-12-7-13(19-14(18-12)10-3-4-10)16-6-5-11-8-20-9-17-11/h7-10H,2-6H2,1H3,(H2,15,16,18,19). The minimum Gasteiger partial charge on any atom is -0.370 e. The molecule has 0 radical (unpaired) electrons. The highest BCUT2D eigenvalue weighted by Gasteiger charge is 2.27. The second-order valence-corrected chi connectivity index (χ2v) is 5.68. The molecule has 2 N–H and O–H groups in total. The van der Waals surface area contributed by atoms with Crippen molar-refractivity contribution in [3.63, 3.8) is 0 Å². The molecule has 0 aromatic carbocycles. The Hall–Kier alpha value is -1.69. The summed E-state index contributed by atoms with van der Waals surface area (Å²) in [4.78, 5) is 13.5. The van der Waals surface area contributed by atoms with Gasteiger partial charge in [0, 0.05) is 36.9 Å². The van der Waals surface area contributed by atoms with Crippen LogP contribution in [-0.2, 0) is 6.42 Å². The largest absolute Gasteiger partial charge is 0.370 e. The van der Waals surface area contributed by atoms with Gasteiger partial charge in [0.15, 0.2) is 0 Å². The van der Waals surface area contributed by atoms with Crippen molar-refractivity contribution in [2.75, 3.05) is 23.7 Å². The van der Waals surface area contributed by atoms with Gasteiger partial charge in [0.25, 0.3) is 0 Å². The van der Waals surface area contributed by atoms with E-state index in [1.54, 1.807) is 11.3 Å². The number of hydrogen-bond acceptors (Lipinski definition) is 6. The molecule has 20 heavy (non-hydrogen) atoms. The summed E-state index contributed by atoms with van der Waals surface area (Å²) in [5.41, 5.74) is 3.00. The average molecular weight is 289 g/mol. The van der Waals surface area contributed by atoms with E-state index in [9.17, 15) is 0 Å². The molecule has 3 rings (SSSR count). The summed E-state index contributed by atoms with van der Waals surface area (Å²) < 4.78 is 0. The van der Waals surface area contributed by atoms with E-state index in [1.807, 2.05) is 11.6 Å². The van der Waals surface area contributed by atoms with E-state index >= 15 is 0 Å². The molecule has 1 aliphatic rings. The van der Waals surface area contributed by atoms with E-state index in [0.29, 0.717) is 5.92 Å². The van der Waals surface area contributed by atoms with Gasteiger partial charge in [-0.1, -0.05) is 0 Å². The third-order valence-electron chi connectivity index (χ3n) is 3.21. The maximum atomic E-state index is 4.62. The van der Waals surface area contributed by atoms with Crippen molar-refractivity contribution in [2.45, 2.75) is 32.1 Å². The minimum absolute atomic E-state index is 0.563. The van der Waals surface area contributed by atoms with E-state index in [-0.39, 0.29) is 0 Å². The first-order chi connectivity index (χ1) is 9.85. The number of aromatic nitrogens is 3. The van der Waals surface area contributed by atoms with Crippen LogP contribution in [0.3, 0.4) is 0 Å². The number of anilines is 2. The van der Waals surface area contributed by atoms with Gasteiger partial charge in [-0.15, -0.1) is 11.3 Å². The molecule has 6 heteroatoms. The Kier molecular flexibility index (Phi) is 4.11. The number of rotatable bonds is 7. The predicted octanol–water partition coefficient (Wildman–Crippen LogP) is 2.90. The number of thiazole rings is 1. The highest BCUT2D eigenvalue weighted by molar-refractivity contribution is 7.07. The monoisotopic (exact) mass is 289 g/mol. The van der Waals surface area contributed by atoms with Crippen LogP contribution in [0, 0.1) is 0 Å². The zero-order valence-corrected chi connectivity index (χ0v) is 12.4. The molecule has 1 aliphatic carbocycles. The molecule has 2 aromatic heterocycles. The van der Waals surface area contributed by atoms with Crippen LogP contribution < -0.4 is 10.6 Å². The zero-order chi connectivity index (χ0) is 13.8. The lowest BCUT2D eigenvalue weighted by Crippen LogP contribution is -2.10. The molecule has 2 heterocycles. The van der Waals surface area contributed by atoms with Gasteiger partial charge in [-0.05, 0) is 19.8 Å². The number of nitrogens with zero attached hydrogens (tertiary/aromatic N) is 3. The van der Waals surface area contributed by atoms with Crippen LogP contribution in [0.25, 0.3) is 0 Å². The maximum Gasteiger partial charge on any atom is 0.136 e. The molecule has 0 atom stereocenters. The smallest absolute Gasteiger partial charge is 0.136 e. The van der Waals surface area contributed by atoms with Crippen molar-refractivity contribution < 1.29 is 0 Å². The van der Waals surface area contributed by atoms with E-state index in [2.05, 4.69) is 37.9 Å². The third kappa shape index (κ3) is 3.45. The van der Waals surface area contributed by atoms with Gasteiger partial charge in [0.05, 0.1) is 11.2 Å². The van der Waals surface area contributed by atoms with Crippen LogP contribution in [0.1, 0.15) is 37.2 Å². The van der Waals surface area contributed by atoms with E-state index in [4.69, 9.17) is 0 Å². The summed E-state index contributed by atoms with van der Waals surface area (Å²) in [5, 5.41) is 8.74. The summed E-state index contributed by atoms with van der Waals surface area (Å²) in [5.74, 6) is 3.36. The molecule has 0 saturated heterocycles. The van der Waals surface area contributed by atoms with Crippen molar-refractivity contribution in [3.05, 3.63) is 28.5 Å². The topological polar surface area (TPSA) is 62.7 Å². The fourth-order valence-corrected chi connectivity index (χ4v) is 2.62. The molecule has 5 nitrogen and oxygen atoms in total. The Balaban J connectivity index is 1.64. The Morgan fingerprint density at radius 3 is 2.70 bits per heavy atom. The van der Waals surface area contributed by atoms with Crippen LogP contribution in [0.5, 0.6) is 0 Å². The lowest BCUT2D eigenvalue weighted by molar-refractivity contribution is 0.908. The van der Waals surface area contributed by atoms with Crippen LogP contribution in [0.15, 0.2) is 17.0 Å². The summed E-state index contributed by atoms with van der Waals surface area (Å²) >= 11 is 1.63. The summed E-state index contributed by atoms with van der Waals surface area (Å²) in [6, 6.07) is 1.98. The van der Waals surface area contributed by atoms with Crippen LogP contribution in [0.4, 0.5) is 11.6 Å². The Bertz CT molecular complexity index is 551. The minimum atomic E-state index is 0.563. The summed E-state index contributed by atoms with van der Waals surface area (Å²) in [6.45, 7) is 3.80. The Morgan fingerprint density at radius 2 is 2.05 bits per heavy atom. The van der Waals surface area contributed by atoms with Gasteiger partial charge in [-0.2, -0.15) is 0 Å². The molecule has 1 fully saturated rings. The van der Waals surface area contributed by atoms with Crippen LogP contribution in [0.2, 0.25) is 0 Å². The molecule has 0 bridgehead atoms. The lowest BCUT2D eigenvalue weighted by Gasteiger charge is -2.10. The van der Waals surface area contributed by atoms with Crippen LogP contribution in [-0.4, -0.2) is 28.0 Å². The molecular formula is C14H19N5S. The third-order valence-corrected chi connectivity index (χ3v) is 3.85. The molecule has 1 saturated carbocycles. The molecule has 0 aliphatic heterocycles. The first-order valence-corrected chi connectivity index (χ1v) is 8.03.